The molecule has 350 valence electrons. The standard InChI is InChI=1S/C65H58N4OS/c1-40-41(2)59(43-20-12-10-13-21-43)62(60(42(40)3)44-22-14-11-15-23-44)68-39-67(53-25-17-18-26-54(53)68)47-34-46(65(7,8)9)35-49(37-47)70-48-28-29-52-56(38-48)69(58-36-45(32-33-66-58)64(4,5)6)55-31-30-51-50-24-16-19-27-57(50)71-63(51)61(52)55/h10-38H,39H2,1-9H3/i10D,11D,12D,13D,14D,15D,20D,21D,22D,23D. The molecule has 71 heavy (non-hydrogen) atoms. The number of fused-ring (bicyclic) bond motifs is 8. The Morgan fingerprint density at radius 1 is 0.563 bits per heavy atom. The quantitative estimate of drug-likeness (QED) is 0.159. The molecule has 0 spiro atoms. The van der Waals surface area contributed by atoms with E-state index >= 15 is 0 Å². The number of anilines is 4. The number of hydrogen-bond acceptors (Lipinski definition) is 5. The van der Waals surface area contributed by atoms with Crippen LogP contribution < -0.4 is 14.5 Å². The van der Waals surface area contributed by atoms with Gasteiger partial charge in [0.05, 0.1) is 41.8 Å². The fourth-order valence-electron chi connectivity index (χ4n) is 10.3. The minimum atomic E-state index is -0.545. The molecule has 1 aliphatic rings. The molecule has 5 nitrogen and oxygen atoms in total. The Morgan fingerprint density at radius 3 is 1.87 bits per heavy atom. The molecule has 0 saturated carbocycles. The second kappa shape index (κ2) is 16.7. The van der Waals surface area contributed by atoms with Crippen LogP contribution in [0.2, 0.25) is 0 Å². The first-order valence-corrected chi connectivity index (χ1v) is 24.8. The van der Waals surface area contributed by atoms with E-state index in [2.05, 4.69) is 124 Å². The molecule has 0 atom stereocenters. The van der Waals surface area contributed by atoms with Crippen LogP contribution in [0.5, 0.6) is 11.5 Å². The van der Waals surface area contributed by atoms with Gasteiger partial charge in [-0.05, 0) is 131 Å². The van der Waals surface area contributed by atoms with Gasteiger partial charge >= 0.3 is 0 Å². The molecule has 0 fully saturated rings. The lowest BCUT2D eigenvalue weighted by Crippen LogP contribution is -2.26. The van der Waals surface area contributed by atoms with Gasteiger partial charge in [0.2, 0.25) is 0 Å². The predicted molar refractivity (Wildman–Crippen MR) is 302 cm³/mol. The van der Waals surface area contributed by atoms with E-state index in [1.165, 1.54) is 20.2 Å². The van der Waals surface area contributed by atoms with Crippen LogP contribution in [0.25, 0.3) is 70.0 Å². The van der Waals surface area contributed by atoms with Gasteiger partial charge in [0, 0.05) is 66.1 Å². The van der Waals surface area contributed by atoms with Gasteiger partial charge in [0.15, 0.2) is 0 Å². The van der Waals surface area contributed by atoms with Crippen LogP contribution >= 0.6 is 11.3 Å². The Morgan fingerprint density at radius 2 is 1.20 bits per heavy atom. The van der Waals surface area contributed by atoms with E-state index in [4.69, 9.17) is 17.9 Å². The van der Waals surface area contributed by atoms with Crippen LogP contribution in [0, 0.1) is 20.8 Å². The molecule has 0 amide bonds. The number of aromatic nitrogens is 2. The molecule has 12 rings (SSSR count). The maximum atomic E-state index is 9.37. The summed E-state index contributed by atoms with van der Waals surface area (Å²) in [5, 5.41) is 4.65. The zero-order chi connectivity index (χ0) is 57.6. The maximum absolute atomic E-state index is 9.37. The van der Waals surface area contributed by atoms with Crippen molar-refractivity contribution in [3.8, 4) is 39.6 Å². The highest BCUT2D eigenvalue weighted by atomic mass is 32.1. The summed E-state index contributed by atoms with van der Waals surface area (Å²) >= 11 is 1.80. The Labute approximate surface area is 435 Å². The van der Waals surface area contributed by atoms with Crippen LogP contribution in [-0.4, -0.2) is 16.2 Å². The zero-order valence-corrected chi connectivity index (χ0v) is 42.1. The lowest BCUT2D eigenvalue weighted by Gasteiger charge is -2.31. The number of rotatable bonds is 7. The number of ether oxygens (including phenoxy) is 1. The highest BCUT2D eigenvalue weighted by Gasteiger charge is 2.34. The molecule has 4 heterocycles. The first kappa shape index (κ1) is 34.6. The van der Waals surface area contributed by atoms with Crippen molar-refractivity contribution in [2.75, 3.05) is 16.5 Å². The second-order valence-electron chi connectivity index (χ2n) is 20.6. The van der Waals surface area contributed by atoms with Gasteiger partial charge in [-0.15, -0.1) is 11.3 Å². The molecule has 0 bridgehead atoms. The number of para-hydroxylation sites is 2. The van der Waals surface area contributed by atoms with Crippen LogP contribution in [0.1, 0.15) is 83.1 Å². The zero-order valence-electron chi connectivity index (χ0n) is 51.3. The molecule has 0 aliphatic carbocycles. The molecular weight excluding hydrogens is 885 g/mol. The third-order valence-electron chi connectivity index (χ3n) is 14.3. The average Bonchev–Trinajstić information content (AvgIpc) is 3.97. The topological polar surface area (TPSA) is 33.5 Å². The molecule has 0 unspecified atom stereocenters. The van der Waals surface area contributed by atoms with E-state index in [-0.39, 0.29) is 28.6 Å². The molecule has 3 aromatic heterocycles. The van der Waals surface area contributed by atoms with Crippen molar-refractivity contribution in [3.05, 3.63) is 204 Å². The van der Waals surface area contributed by atoms with Crippen molar-refractivity contribution >= 4 is 76.1 Å². The summed E-state index contributed by atoms with van der Waals surface area (Å²) in [4.78, 5) is 9.11. The number of pyridine rings is 1. The number of hydrogen-bond donors (Lipinski definition) is 0. The van der Waals surface area contributed by atoms with Crippen molar-refractivity contribution in [1.82, 2.24) is 9.55 Å². The normalized spacial score (nSPS) is 15.0. The Kier molecular flexibility index (Phi) is 8.16. The highest BCUT2D eigenvalue weighted by Crippen LogP contribution is 2.53. The molecular formula is C65H58N4OS. The van der Waals surface area contributed by atoms with Gasteiger partial charge in [0.1, 0.15) is 24.0 Å². The van der Waals surface area contributed by atoms with Gasteiger partial charge in [-0.2, -0.15) is 0 Å². The molecule has 0 N–H and O–H groups in total. The van der Waals surface area contributed by atoms with Crippen molar-refractivity contribution < 1.29 is 18.4 Å². The van der Waals surface area contributed by atoms with Gasteiger partial charge < -0.3 is 14.5 Å². The lowest BCUT2D eigenvalue weighted by atomic mass is 9.85. The van der Waals surface area contributed by atoms with Crippen LogP contribution in [0.4, 0.5) is 22.7 Å². The molecule has 6 heteroatoms. The molecule has 0 saturated heterocycles. The third kappa shape index (κ3) is 7.46. The van der Waals surface area contributed by atoms with E-state index < -0.39 is 60.4 Å². The Hall–Kier alpha value is -7.67. The first-order valence-electron chi connectivity index (χ1n) is 29.0. The smallest absolute Gasteiger partial charge is 0.137 e. The summed E-state index contributed by atoms with van der Waals surface area (Å²) in [6, 6.07) is 32.6. The molecule has 0 radical (unpaired) electrons. The summed E-state index contributed by atoms with van der Waals surface area (Å²) in [7, 11) is 0. The Balaban J connectivity index is 1.06. The average molecular weight is 953 g/mol. The van der Waals surface area contributed by atoms with Crippen molar-refractivity contribution in [1.29, 1.82) is 0 Å². The Bertz CT molecular complexity index is 4360. The van der Waals surface area contributed by atoms with E-state index in [9.17, 15) is 5.48 Å². The SMILES string of the molecule is [2H]c1c([2H])c([2H])c(-c2c(C)c(C)c(C)c(-c3c([2H])c([2H])c([2H])c([2H])c3[2H])c2N2CN(c3cc(Oc4ccc5c6c7sc8ccccc8c7ccc6n(-c6cc(C(C)(C)C)ccn6)c5c4)cc(C(C)(C)C)c3)c3ccccc32)c([2H])c1[2H]. The summed E-state index contributed by atoms with van der Waals surface area (Å²) in [6.45, 7) is 18.7. The first-order chi connectivity index (χ1) is 38.4. The summed E-state index contributed by atoms with van der Waals surface area (Å²) < 4.78 is 102. The van der Waals surface area contributed by atoms with Crippen molar-refractivity contribution in [2.24, 2.45) is 0 Å². The van der Waals surface area contributed by atoms with Crippen LogP contribution in [-0.2, 0) is 10.8 Å². The molecule has 1 aliphatic heterocycles. The van der Waals surface area contributed by atoms with E-state index in [0.717, 1.165) is 50.1 Å². The van der Waals surface area contributed by atoms with E-state index in [0.29, 0.717) is 50.7 Å². The fraction of sp³-hybridized carbons (Fsp3) is 0.185. The van der Waals surface area contributed by atoms with Crippen molar-refractivity contribution in [3.63, 3.8) is 0 Å². The minimum Gasteiger partial charge on any atom is -0.457 e. The summed E-state index contributed by atoms with van der Waals surface area (Å²) in [5.74, 6) is 2.00. The van der Waals surface area contributed by atoms with Gasteiger partial charge in [-0.1, -0.05) is 138 Å². The predicted octanol–water partition coefficient (Wildman–Crippen LogP) is 18.4. The van der Waals surface area contributed by atoms with Gasteiger partial charge in [0.25, 0.3) is 0 Å². The third-order valence-corrected chi connectivity index (χ3v) is 15.5. The number of nitrogens with zero attached hydrogens (tertiary/aromatic N) is 4. The van der Waals surface area contributed by atoms with Gasteiger partial charge in [-0.25, -0.2) is 4.98 Å². The fourth-order valence-corrected chi connectivity index (χ4v) is 11.6. The minimum absolute atomic E-state index is 0.0616. The number of benzene rings is 8. The largest absolute Gasteiger partial charge is 0.457 e. The maximum Gasteiger partial charge on any atom is 0.137 e. The van der Waals surface area contributed by atoms with Crippen LogP contribution in [0.3, 0.4) is 0 Å². The van der Waals surface area contributed by atoms with Crippen LogP contribution in [0.15, 0.2) is 176 Å². The summed E-state index contributed by atoms with van der Waals surface area (Å²) in [5.41, 5.74) is 8.56. The van der Waals surface area contributed by atoms with Crippen molar-refractivity contribution in [2.45, 2.75) is 73.1 Å². The van der Waals surface area contributed by atoms with E-state index in [1.807, 2.05) is 68.3 Å². The molecule has 8 aromatic carbocycles. The highest BCUT2D eigenvalue weighted by molar-refractivity contribution is 7.26. The van der Waals surface area contributed by atoms with E-state index in [1.54, 1.807) is 11.3 Å². The van der Waals surface area contributed by atoms with Gasteiger partial charge in [-0.3, -0.25) is 4.57 Å². The molecule has 11 aromatic rings. The monoisotopic (exact) mass is 952 g/mol. The summed E-state index contributed by atoms with van der Waals surface area (Å²) in [6.07, 6.45) is 1.89. The second-order valence-corrected chi connectivity index (χ2v) is 21.7. The number of thiophene rings is 1. The lowest BCUT2D eigenvalue weighted by molar-refractivity contribution is 0.479.